The van der Waals surface area contributed by atoms with E-state index in [4.69, 9.17) is 4.74 Å². The maximum absolute atomic E-state index is 12.0. The molecule has 5 heteroatoms. The van der Waals surface area contributed by atoms with Gasteiger partial charge in [-0.15, -0.1) is 0 Å². The summed E-state index contributed by atoms with van der Waals surface area (Å²) in [7, 11) is 1.77. The first-order valence-corrected chi connectivity index (χ1v) is 8.46. The molecule has 1 aliphatic rings. The van der Waals surface area contributed by atoms with Crippen molar-refractivity contribution in [2.75, 3.05) is 25.1 Å². The first kappa shape index (κ1) is 17.0. The van der Waals surface area contributed by atoms with Crippen LogP contribution in [-0.2, 0) is 22.4 Å². The molecular formula is C20H22N2O3. The first-order chi connectivity index (χ1) is 12.1. The lowest BCUT2D eigenvalue weighted by Crippen LogP contribution is -2.27. The first-order valence-electron chi connectivity index (χ1n) is 8.46. The number of nitrogens with one attached hydrogen (secondary N) is 1. The van der Waals surface area contributed by atoms with Crippen LogP contribution in [0.25, 0.3) is 0 Å². The fraction of sp³-hybridized carbons (Fsp3) is 0.300. The molecule has 0 unspecified atom stereocenters. The fourth-order valence-corrected chi connectivity index (χ4v) is 2.84. The maximum atomic E-state index is 12.0. The van der Waals surface area contributed by atoms with Crippen LogP contribution in [0.2, 0.25) is 0 Å². The molecule has 2 aromatic rings. The SMILES string of the molecule is CN1C(=O)CCOc2ccc(CCNC(=O)Cc3ccccc3)cc21. The van der Waals surface area contributed by atoms with E-state index < -0.39 is 0 Å². The summed E-state index contributed by atoms with van der Waals surface area (Å²) in [5.41, 5.74) is 2.85. The van der Waals surface area contributed by atoms with E-state index in [1.165, 1.54) is 0 Å². The molecule has 3 rings (SSSR count). The molecule has 2 amide bonds. The van der Waals surface area contributed by atoms with Gasteiger partial charge in [0, 0.05) is 13.6 Å². The Labute approximate surface area is 147 Å². The highest BCUT2D eigenvalue weighted by molar-refractivity contribution is 5.95. The predicted octanol–water partition coefficient (Wildman–Crippen LogP) is 2.33. The number of hydrogen-bond donors (Lipinski definition) is 1. The van der Waals surface area contributed by atoms with Gasteiger partial charge in [-0.25, -0.2) is 0 Å². The minimum Gasteiger partial charge on any atom is -0.491 e. The second kappa shape index (κ2) is 7.83. The normalized spacial score (nSPS) is 13.6. The van der Waals surface area contributed by atoms with E-state index >= 15 is 0 Å². The van der Waals surface area contributed by atoms with Gasteiger partial charge in [0.2, 0.25) is 11.8 Å². The van der Waals surface area contributed by atoms with Crippen molar-refractivity contribution in [1.29, 1.82) is 0 Å². The molecule has 0 spiro atoms. The van der Waals surface area contributed by atoms with Gasteiger partial charge >= 0.3 is 0 Å². The van der Waals surface area contributed by atoms with Crippen LogP contribution >= 0.6 is 0 Å². The van der Waals surface area contributed by atoms with Crippen LogP contribution in [0.3, 0.4) is 0 Å². The number of rotatable bonds is 5. The molecule has 0 saturated carbocycles. The van der Waals surface area contributed by atoms with Gasteiger partial charge in [-0.1, -0.05) is 36.4 Å². The highest BCUT2D eigenvalue weighted by Gasteiger charge is 2.20. The van der Waals surface area contributed by atoms with Gasteiger partial charge in [-0.3, -0.25) is 9.59 Å². The van der Waals surface area contributed by atoms with Crippen molar-refractivity contribution >= 4 is 17.5 Å². The van der Waals surface area contributed by atoms with Crippen molar-refractivity contribution in [1.82, 2.24) is 5.32 Å². The molecule has 0 aliphatic carbocycles. The Kier molecular flexibility index (Phi) is 5.33. The summed E-state index contributed by atoms with van der Waals surface area (Å²) in [5, 5.41) is 2.94. The van der Waals surface area contributed by atoms with E-state index in [1.807, 2.05) is 48.5 Å². The summed E-state index contributed by atoms with van der Waals surface area (Å²) < 4.78 is 5.62. The molecule has 5 nitrogen and oxygen atoms in total. The third-order valence-corrected chi connectivity index (χ3v) is 4.28. The number of fused-ring (bicyclic) bond motifs is 1. The number of hydrogen-bond acceptors (Lipinski definition) is 3. The molecule has 2 aromatic carbocycles. The third-order valence-electron chi connectivity index (χ3n) is 4.28. The highest BCUT2D eigenvalue weighted by Crippen LogP contribution is 2.31. The molecule has 25 heavy (non-hydrogen) atoms. The summed E-state index contributed by atoms with van der Waals surface area (Å²) in [6.45, 7) is 0.966. The number of amides is 2. The van der Waals surface area contributed by atoms with Gasteiger partial charge in [-0.05, 0) is 29.7 Å². The Hall–Kier alpha value is -2.82. The summed E-state index contributed by atoms with van der Waals surface area (Å²) in [6.07, 6.45) is 1.47. The van der Waals surface area contributed by atoms with Crippen molar-refractivity contribution in [2.24, 2.45) is 0 Å². The Bertz CT molecular complexity index is 759. The van der Waals surface area contributed by atoms with Crippen LogP contribution in [0.15, 0.2) is 48.5 Å². The average molecular weight is 338 g/mol. The number of nitrogens with zero attached hydrogens (tertiary/aromatic N) is 1. The molecule has 1 aliphatic heterocycles. The van der Waals surface area contributed by atoms with Gasteiger partial charge in [0.15, 0.2) is 0 Å². The zero-order valence-corrected chi connectivity index (χ0v) is 14.3. The molecule has 0 bridgehead atoms. The van der Waals surface area contributed by atoms with Crippen LogP contribution < -0.4 is 15.0 Å². The molecule has 0 saturated heterocycles. The second-order valence-corrected chi connectivity index (χ2v) is 6.12. The summed E-state index contributed by atoms with van der Waals surface area (Å²) >= 11 is 0. The van der Waals surface area contributed by atoms with Crippen molar-refractivity contribution in [3.8, 4) is 5.75 Å². The molecule has 0 fully saturated rings. The lowest BCUT2D eigenvalue weighted by molar-refractivity contribution is -0.120. The van der Waals surface area contributed by atoms with E-state index in [9.17, 15) is 9.59 Å². The predicted molar refractivity (Wildman–Crippen MR) is 96.8 cm³/mol. The molecule has 1 heterocycles. The molecule has 130 valence electrons. The standard InChI is InChI=1S/C20H22N2O3/c1-22-17-13-16(7-8-18(17)25-12-10-20(22)24)9-11-21-19(23)14-15-5-3-2-4-6-15/h2-8,13H,9-12,14H2,1H3,(H,21,23). The summed E-state index contributed by atoms with van der Waals surface area (Å²) in [5.74, 6) is 0.786. The second-order valence-electron chi connectivity index (χ2n) is 6.12. The Morgan fingerprint density at radius 3 is 2.76 bits per heavy atom. The van der Waals surface area contributed by atoms with Crippen molar-refractivity contribution < 1.29 is 14.3 Å². The molecule has 1 N–H and O–H groups in total. The largest absolute Gasteiger partial charge is 0.491 e. The van der Waals surface area contributed by atoms with Crippen molar-refractivity contribution in [2.45, 2.75) is 19.3 Å². The number of carbonyl (C=O) groups is 2. The molecular weight excluding hydrogens is 316 g/mol. The van der Waals surface area contributed by atoms with Crippen LogP contribution in [0.5, 0.6) is 5.75 Å². The molecule has 0 atom stereocenters. The third kappa shape index (κ3) is 4.38. The summed E-state index contributed by atoms with van der Waals surface area (Å²) in [6, 6.07) is 15.5. The van der Waals surface area contributed by atoms with E-state index in [-0.39, 0.29) is 11.8 Å². The topological polar surface area (TPSA) is 58.6 Å². The molecule has 0 aromatic heterocycles. The average Bonchev–Trinajstić information content (AvgIpc) is 2.75. The lowest BCUT2D eigenvalue weighted by Gasteiger charge is -2.17. The van der Waals surface area contributed by atoms with Crippen LogP contribution in [0, 0.1) is 0 Å². The van der Waals surface area contributed by atoms with Crippen LogP contribution in [0.1, 0.15) is 17.5 Å². The Morgan fingerprint density at radius 2 is 1.96 bits per heavy atom. The van der Waals surface area contributed by atoms with E-state index in [0.29, 0.717) is 32.4 Å². The lowest BCUT2D eigenvalue weighted by atomic mass is 10.1. The fourth-order valence-electron chi connectivity index (χ4n) is 2.84. The zero-order chi connectivity index (χ0) is 17.6. The van der Waals surface area contributed by atoms with Gasteiger partial charge in [0.1, 0.15) is 5.75 Å². The maximum Gasteiger partial charge on any atom is 0.230 e. The monoisotopic (exact) mass is 338 g/mol. The van der Waals surface area contributed by atoms with E-state index in [1.54, 1.807) is 11.9 Å². The Morgan fingerprint density at radius 1 is 1.16 bits per heavy atom. The van der Waals surface area contributed by atoms with Crippen molar-refractivity contribution in [3.05, 3.63) is 59.7 Å². The highest BCUT2D eigenvalue weighted by atomic mass is 16.5. The quantitative estimate of drug-likeness (QED) is 0.910. The number of benzene rings is 2. The van der Waals surface area contributed by atoms with Crippen LogP contribution in [0.4, 0.5) is 5.69 Å². The Balaban J connectivity index is 1.56. The van der Waals surface area contributed by atoms with E-state index in [2.05, 4.69) is 5.32 Å². The van der Waals surface area contributed by atoms with Crippen LogP contribution in [-0.4, -0.2) is 32.0 Å². The van der Waals surface area contributed by atoms with Crippen molar-refractivity contribution in [3.63, 3.8) is 0 Å². The minimum atomic E-state index is 0.0107. The van der Waals surface area contributed by atoms with Gasteiger partial charge in [-0.2, -0.15) is 0 Å². The number of carbonyl (C=O) groups excluding carboxylic acids is 2. The minimum absolute atomic E-state index is 0.0107. The number of ether oxygens (including phenoxy) is 1. The van der Waals surface area contributed by atoms with E-state index in [0.717, 1.165) is 22.6 Å². The smallest absolute Gasteiger partial charge is 0.230 e. The van der Waals surface area contributed by atoms with Gasteiger partial charge < -0.3 is 15.0 Å². The van der Waals surface area contributed by atoms with Gasteiger partial charge in [0.25, 0.3) is 0 Å². The number of anilines is 1. The molecule has 0 radical (unpaired) electrons. The zero-order valence-electron chi connectivity index (χ0n) is 14.3. The summed E-state index contributed by atoms with van der Waals surface area (Å²) in [4.78, 5) is 25.6. The van der Waals surface area contributed by atoms with Gasteiger partial charge in [0.05, 0.1) is 25.1 Å².